The van der Waals surface area contributed by atoms with Crippen LogP contribution in [0.2, 0.25) is 0 Å². The van der Waals surface area contributed by atoms with Gasteiger partial charge in [-0.2, -0.15) is 0 Å². The van der Waals surface area contributed by atoms with Crippen LogP contribution < -0.4 is 5.73 Å². The molecule has 0 spiro atoms. The Morgan fingerprint density at radius 1 is 1.18 bits per heavy atom. The van der Waals surface area contributed by atoms with Crippen molar-refractivity contribution in [2.75, 3.05) is 0 Å². The van der Waals surface area contributed by atoms with Crippen LogP contribution in [0.3, 0.4) is 0 Å². The number of halogens is 1. The molecule has 17 heavy (non-hydrogen) atoms. The maximum Gasteiger partial charge on any atom is 0.0231 e. The van der Waals surface area contributed by atoms with Crippen LogP contribution in [-0.2, 0) is 6.54 Å². The van der Waals surface area contributed by atoms with Crippen LogP contribution >= 0.6 is 27.7 Å². The van der Waals surface area contributed by atoms with E-state index in [0.717, 1.165) is 4.47 Å². The lowest BCUT2D eigenvalue weighted by Gasteiger charge is -2.09. The van der Waals surface area contributed by atoms with Gasteiger partial charge in [0.1, 0.15) is 0 Å². The lowest BCUT2D eigenvalue weighted by atomic mass is 10.2. The predicted molar refractivity (Wildman–Crippen MR) is 77.3 cm³/mol. The smallest absolute Gasteiger partial charge is 0.0231 e. The van der Waals surface area contributed by atoms with Gasteiger partial charge in [-0.1, -0.05) is 51.5 Å². The van der Waals surface area contributed by atoms with Crippen molar-refractivity contribution in [3.63, 3.8) is 0 Å². The third kappa shape index (κ3) is 3.12. The van der Waals surface area contributed by atoms with Crippen molar-refractivity contribution in [3.8, 4) is 0 Å². The minimum atomic E-state index is 0.551. The molecule has 0 atom stereocenters. The summed E-state index contributed by atoms with van der Waals surface area (Å²) in [6.45, 7) is 2.66. The van der Waals surface area contributed by atoms with E-state index >= 15 is 0 Å². The van der Waals surface area contributed by atoms with Crippen molar-refractivity contribution in [2.45, 2.75) is 23.3 Å². The fourth-order valence-corrected chi connectivity index (χ4v) is 3.41. The first-order chi connectivity index (χ1) is 8.20. The molecule has 0 heterocycles. The van der Waals surface area contributed by atoms with Crippen LogP contribution in [0.5, 0.6) is 0 Å². The van der Waals surface area contributed by atoms with Gasteiger partial charge in [-0.05, 0) is 36.8 Å². The van der Waals surface area contributed by atoms with E-state index < -0.39 is 0 Å². The number of hydrogen-bond acceptors (Lipinski definition) is 2. The van der Waals surface area contributed by atoms with Gasteiger partial charge in [0.2, 0.25) is 0 Å². The highest BCUT2D eigenvalue weighted by molar-refractivity contribution is 9.10. The molecule has 0 aliphatic carbocycles. The van der Waals surface area contributed by atoms with Crippen molar-refractivity contribution in [3.05, 3.63) is 58.1 Å². The lowest BCUT2D eigenvalue weighted by Crippen LogP contribution is -1.99. The fraction of sp³-hybridized carbons (Fsp3) is 0.143. The first kappa shape index (κ1) is 12.7. The third-order valence-electron chi connectivity index (χ3n) is 2.50. The Balaban J connectivity index is 2.33. The first-order valence-electron chi connectivity index (χ1n) is 5.42. The Labute approximate surface area is 115 Å². The number of rotatable bonds is 3. The molecule has 2 aromatic rings. The number of benzene rings is 2. The lowest BCUT2D eigenvalue weighted by molar-refractivity contribution is 1.02. The molecule has 0 bridgehead atoms. The van der Waals surface area contributed by atoms with Crippen molar-refractivity contribution < 1.29 is 0 Å². The van der Waals surface area contributed by atoms with E-state index in [1.54, 1.807) is 11.8 Å². The second kappa shape index (κ2) is 5.71. The topological polar surface area (TPSA) is 26.0 Å². The molecular formula is C14H14BrNS. The van der Waals surface area contributed by atoms with Crippen LogP contribution in [0.15, 0.2) is 56.7 Å². The second-order valence-corrected chi connectivity index (χ2v) is 5.81. The van der Waals surface area contributed by atoms with Crippen LogP contribution in [0.4, 0.5) is 0 Å². The fourth-order valence-electron chi connectivity index (χ4n) is 1.64. The van der Waals surface area contributed by atoms with Gasteiger partial charge in [-0.3, -0.25) is 0 Å². The highest BCUT2D eigenvalue weighted by Crippen LogP contribution is 2.33. The van der Waals surface area contributed by atoms with E-state index in [1.807, 2.05) is 12.1 Å². The summed E-state index contributed by atoms with van der Waals surface area (Å²) in [5.41, 5.74) is 8.23. The van der Waals surface area contributed by atoms with Crippen molar-refractivity contribution in [1.29, 1.82) is 0 Å². The molecule has 2 N–H and O–H groups in total. The van der Waals surface area contributed by atoms with E-state index in [0.29, 0.717) is 6.54 Å². The number of hydrogen-bond donors (Lipinski definition) is 1. The van der Waals surface area contributed by atoms with E-state index in [-0.39, 0.29) is 0 Å². The molecule has 0 saturated heterocycles. The molecule has 0 aromatic heterocycles. The Kier molecular flexibility index (Phi) is 4.26. The zero-order valence-corrected chi connectivity index (χ0v) is 12.0. The Bertz CT molecular complexity index is 525. The molecule has 0 unspecified atom stereocenters. The molecule has 0 aliphatic rings. The molecule has 0 aliphatic heterocycles. The monoisotopic (exact) mass is 307 g/mol. The van der Waals surface area contributed by atoms with E-state index in [1.165, 1.54) is 20.9 Å². The highest BCUT2D eigenvalue weighted by atomic mass is 79.9. The SMILES string of the molecule is Cc1cccc(Sc2cccc(Br)c2CN)c1. The molecule has 0 amide bonds. The minimum Gasteiger partial charge on any atom is -0.326 e. The number of aryl methyl sites for hydroxylation is 1. The molecule has 0 radical (unpaired) electrons. The molecule has 2 aromatic carbocycles. The molecule has 0 saturated carbocycles. The second-order valence-electron chi connectivity index (χ2n) is 3.84. The Morgan fingerprint density at radius 3 is 2.65 bits per heavy atom. The van der Waals surface area contributed by atoms with Crippen LogP contribution in [-0.4, -0.2) is 0 Å². The average Bonchev–Trinajstić information content (AvgIpc) is 2.29. The van der Waals surface area contributed by atoms with Gasteiger partial charge in [0.15, 0.2) is 0 Å². The van der Waals surface area contributed by atoms with Crippen molar-refractivity contribution in [1.82, 2.24) is 0 Å². The van der Waals surface area contributed by atoms with E-state index in [2.05, 4.69) is 53.2 Å². The van der Waals surface area contributed by atoms with Gasteiger partial charge < -0.3 is 5.73 Å². The van der Waals surface area contributed by atoms with Gasteiger partial charge in [0.25, 0.3) is 0 Å². The molecule has 2 rings (SSSR count). The minimum absolute atomic E-state index is 0.551. The summed E-state index contributed by atoms with van der Waals surface area (Å²) in [7, 11) is 0. The van der Waals surface area contributed by atoms with E-state index in [4.69, 9.17) is 5.73 Å². The molecule has 0 fully saturated rings. The molecule has 1 nitrogen and oxygen atoms in total. The summed E-state index contributed by atoms with van der Waals surface area (Å²) in [6.07, 6.45) is 0. The summed E-state index contributed by atoms with van der Waals surface area (Å²) >= 11 is 5.30. The summed E-state index contributed by atoms with van der Waals surface area (Å²) in [6, 6.07) is 14.7. The quantitative estimate of drug-likeness (QED) is 0.911. The Morgan fingerprint density at radius 2 is 1.94 bits per heavy atom. The predicted octanol–water partition coefficient (Wildman–Crippen LogP) is 4.37. The average molecular weight is 308 g/mol. The zero-order valence-electron chi connectivity index (χ0n) is 9.61. The maximum absolute atomic E-state index is 5.79. The summed E-state index contributed by atoms with van der Waals surface area (Å²) in [5, 5.41) is 0. The first-order valence-corrected chi connectivity index (χ1v) is 7.03. The van der Waals surface area contributed by atoms with Crippen LogP contribution in [0.1, 0.15) is 11.1 Å². The van der Waals surface area contributed by atoms with Crippen LogP contribution in [0, 0.1) is 6.92 Å². The molecular weight excluding hydrogens is 294 g/mol. The summed E-state index contributed by atoms with van der Waals surface area (Å²) < 4.78 is 1.08. The van der Waals surface area contributed by atoms with Crippen molar-refractivity contribution in [2.24, 2.45) is 5.73 Å². The molecule has 3 heteroatoms. The third-order valence-corrected chi connectivity index (χ3v) is 4.33. The summed E-state index contributed by atoms with van der Waals surface area (Å²) in [5.74, 6) is 0. The standard InChI is InChI=1S/C14H14BrNS/c1-10-4-2-5-11(8-10)17-14-7-3-6-13(15)12(14)9-16/h2-8H,9,16H2,1H3. The van der Waals surface area contributed by atoms with Gasteiger partial charge in [-0.15, -0.1) is 0 Å². The number of nitrogens with two attached hydrogens (primary N) is 1. The largest absolute Gasteiger partial charge is 0.326 e. The summed E-state index contributed by atoms with van der Waals surface area (Å²) in [4.78, 5) is 2.46. The Hall–Kier alpha value is -0.770. The molecule has 88 valence electrons. The van der Waals surface area contributed by atoms with Crippen molar-refractivity contribution >= 4 is 27.7 Å². The van der Waals surface area contributed by atoms with E-state index in [9.17, 15) is 0 Å². The van der Waals surface area contributed by atoms with Crippen LogP contribution in [0.25, 0.3) is 0 Å². The van der Waals surface area contributed by atoms with Gasteiger partial charge in [0, 0.05) is 20.8 Å². The van der Waals surface area contributed by atoms with Gasteiger partial charge in [0.05, 0.1) is 0 Å². The highest BCUT2D eigenvalue weighted by Gasteiger charge is 2.06. The maximum atomic E-state index is 5.79. The van der Waals surface area contributed by atoms with Gasteiger partial charge in [-0.25, -0.2) is 0 Å². The normalized spacial score (nSPS) is 10.5. The zero-order chi connectivity index (χ0) is 12.3. The van der Waals surface area contributed by atoms with Gasteiger partial charge >= 0.3 is 0 Å².